The van der Waals surface area contributed by atoms with E-state index in [0.717, 1.165) is 12.4 Å². The molecule has 1 amide bonds. The van der Waals surface area contributed by atoms with Crippen LogP contribution in [-0.2, 0) is 6.54 Å². The highest BCUT2D eigenvalue weighted by Gasteiger charge is 2.06. The zero-order chi connectivity index (χ0) is 12.8. The van der Waals surface area contributed by atoms with Gasteiger partial charge in [-0.25, -0.2) is 4.98 Å². The molecule has 0 aliphatic carbocycles. The SMILES string of the molecule is CCNc1ccc(C(=O)NCc2ccon2)cn1. The molecular weight excluding hydrogens is 232 g/mol. The lowest BCUT2D eigenvalue weighted by Crippen LogP contribution is -2.23. The van der Waals surface area contributed by atoms with Crippen LogP contribution in [0.1, 0.15) is 23.0 Å². The van der Waals surface area contributed by atoms with Crippen LogP contribution in [-0.4, -0.2) is 22.6 Å². The molecule has 2 N–H and O–H groups in total. The summed E-state index contributed by atoms with van der Waals surface area (Å²) in [5.41, 5.74) is 1.20. The predicted octanol–water partition coefficient (Wildman–Crippen LogP) is 1.43. The first-order valence-corrected chi connectivity index (χ1v) is 5.67. The molecule has 0 aromatic carbocycles. The van der Waals surface area contributed by atoms with Crippen molar-refractivity contribution < 1.29 is 9.32 Å². The molecule has 6 nitrogen and oxygen atoms in total. The molecule has 2 aromatic heterocycles. The lowest BCUT2D eigenvalue weighted by Gasteiger charge is -2.04. The monoisotopic (exact) mass is 246 g/mol. The number of carbonyl (C=O) groups excluding carboxylic acids is 1. The van der Waals surface area contributed by atoms with Crippen LogP contribution >= 0.6 is 0 Å². The molecule has 0 fully saturated rings. The van der Waals surface area contributed by atoms with E-state index in [2.05, 4.69) is 25.3 Å². The Bertz CT molecular complexity index is 493. The molecule has 2 heterocycles. The maximum absolute atomic E-state index is 11.8. The van der Waals surface area contributed by atoms with Crippen molar-refractivity contribution in [1.82, 2.24) is 15.5 Å². The lowest BCUT2D eigenvalue weighted by molar-refractivity contribution is 0.0950. The number of hydrogen-bond donors (Lipinski definition) is 2. The Morgan fingerprint density at radius 3 is 2.89 bits per heavy atom. The van der Waals surface area contributed by atoms with Crippen LogP contribution in [0.25, 0.3) is 0 Å². The standard InChI is InChI=1S/C12H14N4O2/c1-2-13-11-4-3-9(7-14-11)12(17)15-8-10-5-6-18-16-10/h3-7H,2,8H2,1H3,(H,13,14)(H,15,17). The molecule has 0 spiro atoms. The van der Waals surface area contributed by atoms with Gasteiger partial charge in [-0.1, -0.05) is 5.16 Å². The number of hydrogen-bond acceptors (Lipinski definition) is 5. The number of amides is 1. The first kappa shape index (κ1) is 12.1. The topological polar surface area (TPSA) is 80.0 Å². The Morgan fingerprint density at radius 1 is 1.39 bits per heavy atom. The summed E-state index contributed by atoms with van der Waals surface area (Å²) in [6.45, 7) is 3.12. The average molecular weight is 246 g/mol. The van der Waals surface area contributed by atoms with Crippen LogP contribution in [0.4, 0.5) is 5.82 Å². The minimum absolute atomic E-state index is 0.187. The fraction of sp³-hybridized carbons (Fsp3) is 0.250. The van der Waals surface area contributed by atoms with Crippen molar-refractivity contribution in [2.75, 3.05) is 11.9 Å². The number of nitrogens with zero attached hydrogens (tertiary/aromatic N) is 2. The van der Waals surface area contributed by atoms with Gasteiger partial charge in [0.1, 0.15) is 17.8 Å². The highest BCUT2D eigenvalue weighted by Crippen LogP contribution is 2.05. The number of anilines is 1. The Labute approximate surface area is 104 Å². The summed E-state index contributed by atoms with van der Waals surface area (Å²) in [7, 11) is 0. The van der Waals surface area contributed by atoms with Crippen LogP contribution in [0.5, 0.6) is 0 Å². The summed E-state index contributed by atoms with van der Waals surface area (Å²) in [6.07, 6.45) is 3.00. The zero-order valence-electron chi connectivity index (χ0n) is 10.0. The van der Waals surface area contributed by atoms with Crippen molar-refractivity contribution in [2.24, 2.45) is 0 Å². The van der Waals surface area contributed by atoms with Crippen LogP contribution in [0, 0.1) is 0 Å². The normalized spacial score (nSPS) is 10.1. The largest absolute Gasteiger partial charge is 0.370 e. The Balaban J connectivity index is 1.92. The molecule has 0 aliphatic heterocycles. The third-order valence-electron chi connectivity index (χ3n) is 2.30. The third kappa shape index (κ3) is 3.07. The van der Waals surface area contributed by atoms with Gasteiger partial charge in [-0.15, -0.1) is 0 Å². The minimum Gasteiger partial charge on any atom is -0.370 e. The number of nitrogens with one attached hydrogen (secondary N) is 2. The molecule has 0 aliphatic rings. The van der Waals surface area contributed by atoms with Crippen LogP contribution in [0.2, 0.25) is 0 Å². The molecular formula is C12H14N4O2. The molecule has 0 atom stereocenters. The van der Waals surface area contributed by atoms with E-state index in [1.165, 1.54) is 12.5 Å². The molecule has 0 saturated carbocycles. The fourth-order valence-electron chi connectivity index (χ4n) is 1.42. The highest BCUT2D eigenvalue weighted by atomic mass is 16.5. The number of rotatable bonds is 5. The van der Waals surface area contributed by atoms with E-state index in [0.29, 0.717) is 17.8 Å². The van der Waals surface area contributed by atoms with E-state index in [1.807, 2.05) is 6.92 Å². The van der Waals surface area contributed by atoms with Gasteiger partial charge < -0.3 is 15.2 Å². The Morgan fingerprint density at radius 2 is 2.28 bits per heavy atom. The predicted molar refractivity (Wildman–Crippen MR) is 66.1 cm³/mol. The summed E-state index contributed by atoms with van der Waals surface area (Å²) in [6, 6.07) is 5.20. The number of pyridine rings is 1. The maximum Gasteiger partial charge on any atom is 0.253 e. The van der Waals surface area contributed by atoms with E-state index >= 15 is 0 Å². The van der Waals surface area contributed by atoms with Crippen molar-refractivity contribution in [2.45, 2.75) is 13.5 Å². The molecule has 2 aromatic rings. The molecule has 2 rings (SSSR count). The molecule has 0 bridgehead atoms. The average Bonchev–Trinajstić information content (AvgIpc) is 2.90. The third-order valence-corrected chi connectivity index (χ3v) is 2.30. The molecule has 0 radical (unpaired) electrons. The van der Waals surface area contributed by atoms with Gasteiger partial charge in [-0.05, 0) is 19.1 Å². The van der Waals surface area contributed by atoms with Gasteiger partial charge in [0.05, 0.1) is 12.1 Å². The minimum atomic E-state index is -0.187. The van der Waals surface area contributed by atoms with Crippen molar-refractivity contribution in [3.63, 3.8) is 0 Å². The molecule has 6 heteroatoms. The van der Waals surface area contributed by atoms with Gasteiger partial charge in [0.2, 0.25) is 0 Å². The zero-order valence-corrected chi connectivity index (χ0v) is 10.0. The van der Waals surface area contributed by atoms with Crippen LogP contribution in [0.15, 0.2) is 35.2 Å². The summed E-state index contributed by atoms with van der Waals surface area (Å²) in [5, 5.41) is 9.50. The van der Waals surface area contributed by atoms with Crippen molar-refractivity contribution in [3.8, 4) is 0 Å². The van der Waals surface area contributed by atoms with Gasteiger partial charge in [0.25, 0.3) is 5.91 Å². The van der Waals surface area contributed by atoms with Gasteiger partial charge >= 0.3 is 0 Å². The van der Waals surface area contributed by atoms with Gasteiger partial charge in [0.15, 0.2) is 0 Å². The molecule has 0 saturated heterocycles. The first-order chi connectivity index (χ1) is 8.79. The van der Waals surface area contributed by atoms with E-state index in [-0.39, 0.29) is 5.91 Å². The van der Waals surface area contributed by atoms with Crippen LogP contribution in [0.3, 0.4) is 0 Å². The molecule has 18 heavy (non-hydrogen) atoms. The Kier molecular flexibility index (Phi) is 3.90. The second-order valence-corrected chi connectivity index (χ2v) is 3.64. The fourth-order valence-corrected chi connectivity index (χ4v) is 1.42. The second-order valence-electron chi connectivity index (χ2n) is 3.64. The van der Waals surface area contributed by atoms with Crippen LogP contribution < -0.4 is 10.6 Å². The Hall–Kier alpha value is -2.37. The second kappa shape index (κ2) is 5.81. The number of carbonyl (C=O) groups is 1. The number of aromatic nitrogens is 2. The van der Waals surface area contributed by atoms with E-state index in [1.54, 1.807) is 18.2 Å². The van der Waals surface area contributed by atoms with Gasteiger partial charge in [0, 0.05) is 18.8 Å². The summed E-state index contributed by atoms with van der Waals surface area (Å²) >= 11 is 0. The van der Waals surface area contributed by atoms with E-state index < -0.39 is 0 Å². The summed E-state index contributed by atoms with van der Waals surface area (Å²) in [4.78, 5) is 15.9. The van der Waals surface area contributed by atoms with Crippen molar-refractivity contribution >= 4 is 11.7 Å². The first-order valence-electron chi connectivity index (χ1n) is 5.67. The summed E-state index contributed by atoms with van der Waals surface area (Å²) < 4.78 is 4.67. The van der Waals surface area contributed by atoms with E-state index in [4.69, 9.17) is 0 Å². The van der Waals surface area contributed by atoms with Crippen molar-refractivity contribution in [3.05, 3.63) is 41.9 Å². The summed E-state index contributed by atoms with van der Waals surface area (Å²) in [5.74, 6) is 0.569. The highest BCUT2D eigenvalue weighted by molar-refractivity contribution is 5.93. The van der Waals surface area contributed by atoms with Gasteiger partial charge in [-0.2, -0.15) is 0 Å². The quantitative estimate of drug-likeness (QED) is 0.834. The molecule has 94 valence electrons. The maximum atomic E-state index is 11.8. The van der Waals surface area contributed by atoms with Crippen molar-refractivity contribution in [1.29, 1.82) is 0 Å². The molecule has 0 unspecified atom stereocenters. The smallest absolute Gasteiger partial charge is 0.253 e. The lowest BCUT2D eigenvalue weighted by atomic mass is 10.2. The van der Waals surface area contributed by atoms with Gasteiger partial charge in [-0.3, -0.25) is 4.79 Å². The van der Waals surface area contributed by atoms with E-state index in [9.17, 15) is 4.79 Å².